The van der Waals surface area contributed by atoms with Crippen molar-refractivity contribution in [3.8, 4) is 5.75 Å². The molecule has 0 bridgehead atoms. The number of ether oxygens (including phenoxy) is 2. The molecule has 0 fully saturated rings. The van der Waals surface area contributed by atoms with E-state index < -0.39 is 5.97 Å². The monoisotopic (exact) mass is 265 g/mol. The van der Waals surface area contributed by atoms with Crippen molar-refractivity contribution in [2.45, 2.75) is 26.9 Å². The molecule has 1 amide bonds. The summed E-state index contributed by atoms with van der Waals surface area (Å²) in [5, 5.41) is 2.50. The normalized spacial score (nSPS) is 10.1. The summed E-state index contributed by atoms with van der Waals surface area (Å²) >= 11 is 0. The molecule has 104 valence electrons. The molecule has 5 nitrogen and oxygen atoms in total. The molecule has 1 aromatic carbocycles. The summed E-state index contributed by atoms with van der Waals surface area (Å²) in [7, 11) is 0. The van der Waals surface area contributed by atoms with E-state index in [1.165, 1.54) is 0 Å². The first-order chi connectivity index (χ1) is 9.04. The second-order valence-electron chi connectivity index (χ2n) is 4.15. The van der Waals surface area contributed by atoms with Crippen LogP contribution in [0.4, 0.5) is 0 Å². The van der Waals surface area contributed by atoms with Crippen LogP contribution in [0.5, 0.6) is 5.75 Å². The summed E-state index contributed by atoms with van der Waals surface area (Å²) < 4.78 is 10.3. The van der Waals surface area contributed by atoms with Crippen LogP contribution < -0.4 is 10.1 Å². The van der Waals surface area contributed by atoms with E-state index >= 15 is 0 Å². The number of hydrogen-bond acceptors (Lipinski definition) is 4. The molecule has 0 heterocycles. The Morgan fingerprint density at radius 2 is 1.95 bits per heavy atom. The molecule has 0 unspecified atom stereocenters. The van der Waals surface area contributed by atoms with E-state index in [2.05, 4.69) is 5.32 Å². The molecule has 1 aromatic rings. The van der Waals surface area contributed by atoms with E-state index in [-0.39, 0.29) is 18.6 Å². The lowest BCUT2D eigenvalue weighted by atomic mass is 10.2. The number of carbonyl (C=O) groups excluding carboxylic acids is 2. The smallest absolute Gasteiger partial charge is 0.325 e. The van der Waals surface area contributed by atoms with Gasteiger partial charge in [-0.15, -0.1) is 0 Å². The summed E-state index contributed by atoms with van der Waals surface area (Å²) in [5.41, 5.74) is 0.403. The van der Waals surface area contributed by atoms with Crippen LogP contribution in [0.3, 0.4) is 0 Å². The number of para-hydroxylation sites is 1. The Labute approximate surface area is 112 Å². The van der Waals surface area contributed by atoms with Crippen molar-refractivity contribution in [1.29, 1.82) is 0 Å². The summed E-state index contributed by atoms with van der Waals surface area (Å²) in [4.78, 5) is 23.1. The quantitative estimate of drug-likeness (QED) is 0.796. The zero-order valence-electron chi connectivity index (χ0n) is 11.4. The van der Waals surface area contributed by atoms with Gasteiger partial charge in [0.2, 0.25) is 0 Å². The predicted octanol–water partition coefficient (Wildman–Crippen LogP) is 1.77. The minimum Gasteiger partial charge on any atom is -0.490 e. The van der Waals surface area contributed by atoms with Crippen molar-refractivity contribution >= 4 is 11.9 Å². The van der Waals surface area contributed by atoms with Gasteiger partial charge >= 0.3 is 5.97 Å². The largest absolute Gasteiger partial charge is 0.490 e. The van der Waals surface area contributed by atoms with E-state index in [1.54, 1.807) is 31.2 Å². The van der Waals surface area contributed by atoms with Crippen molar-refractivity contribution in [3.63, 3.8) is 0 Å². The van der Waals surface area contributed by atoms with Crippen molar-refractivity contribution in [1.82, 2.24) is 5.32 Å². The highest BCUT2D eigenvalue weighted by atomic mass is 16.5. The highest BCUT2D eigenvalue weighted by Gasteiger charge is 2.14. The molecule has 19 heavy (non-hydrogen) atoms. The van der Waals surface area contributed by atoms with Gasteiger partial charge in [-0.1, -0.05) is 12.1 Å². The van der Waals surface area contributed by atoms with Gasteiger partial charge in [-0.2, -0.15) is 0 Å². The number of rotatable bonds is 6. The van der Waals surface area contributed by atoms with Crippen LogP contribution in [0.15, 0.2) is 24.3 Å². The van der Waals surface area contributed by atoms with Crippen LogP contribution in [-0.2, 0) is 9.53 Å². The fourth-order valence-corrected chi connectivity index (χ4v) is 1.47. The molecule has 0 aliphatic heterocycles. The highest BCUT2D eigenvalue weighted by molar-refractivity contribution is 5.98. The maximum atomic E-state index is 12.0. The highest BCUT2D eigenvalue weighted by Crippen LogP contribution is 2.19. The van der Waals surface area contributed by atoms with Crippen molar-refractivity contribution in [2.75, 3.05) is 13.2 Å². The molecular weight excluding hydrogens is 246 g/mol. The lowest BCUT2D eigenvalue weighted by Gasteiger charge is -2.13. The Morgan fingerprint density at radius 3 is 2.58 bits per heavy atom. The van der Waals surface area contributed by atoms with Gasteiger partial charge in [0.05, 0.1) is 18.3 Å². The first-order valence-corrected chi connectivity index (χ1v) is 6.24. The minimum atomic E-state index is -0.460. The van der Waals surface area contributed by atoms with Crippen LogP contribution in [0, 0.1) is 0 Å². The number of benzene rings is 1. The van der Waals surface area contributed by atoms with Crippen LogP contribution in [0.25, 0.3) is 0 Å². The fraction of sp³-hybridized carbons (Fsp3) is 0.429. The fourth-order valence-electron chi connectivity index (χ4n) is 1.47. The van der Waals surface area contributed by atoms with E-state index in [0.717, 1.165) is 0 Å². The maximum absolute atomic E-state index is 12.0. The van der Waals surface area contributed by atoms with Gasteiger partial charge in [-0.05, 0) is 32.9 Å². The van der Waals surface area contributed by atoms with Gasteiger partial charge in [-0.3, -0.25) is 9.59 Å². The molecule has 0 aliphatic rings. The lowest BCUT2D eigenvalue weighted by molar-refractivity contribution is -0.141. The number of esters is 1. The van der Waals surface area contributed by atoms with Crippen molar-refractivity contribution < 1.29 is 19.1 Å². The van der Waals surface area contributed by atoms with Gasteiger partial charge in [0.15, 0.2) is 0 Å². The number of amides is 1. The topological polar surface area (TPSA) is 64.6 Å². The molecule has 0 radical (unpaired) electrons. The van der Waals surface area contributed by atoms with E-state index in [0.29, 0.717) is 17.9 Å². The zero-order chi connectivity index (χ0) is 14.3. The number of nitrogens with one attached hydrogen (secondary N) is 1. The van der Waals surface area contributed by atoms with E-state index in [4.69, 9.17) is 9.47 Å². The van der Waals surface area contributed by atoms with Crippen molar-refractivity contribution in [3.05, 3.63) is 29.8 Å². The zero-order valence-corrected chi connectivity index (χ0v) is 11.4. The standard InChI is InChI=1S/C14H19NO4/c1-4-18-13(16)9-15-14(17)11-7-5-6-8-12(11)19-10(2)3/h5-8,10H,4,9H2,1-3H3,(H,15,17). The third-order valence-electron chi connectivity index (χ3n) is 2.19. The molecule has 5 heteroatoms. The summed E-state index contributed by atoms with van der Waals surface area (Å²) in [5.74, 6) is -0.318. The third kappa shape index (κ3) is 4.99. The van der Waals surface area contributed by atoms with Crippen LogP contribution in [-0.4, -0.2) is 31.1 Å². The second kappa shape index (κ2) is 7.41. The predicted molar refractivity (Wildman–Crippen MR) is 71.2 cm³/mol. The van der Waals surface area contributed by atoms with Crippen LogP contribution in [0.2, 0.25) is 0 Å². The molecule has 1 rings (SSSR count). The summed E-state index contributed by atoms with van der Waals surface area (Å²) in [6.07, 6.45) is -0.0287. The molecule has 0 saturated heterocycles. The van der Waals surface area contributed by atoms with E-state index in [1.807, 2.05) is 13.8 Å². The first kappa shape index (κ1) is 15.0. The van der Waals surface area contributed by atoms with Gasteiger partial charge in [-0.25, -0.2) is 0 Å². The average molecular weight is 265 g/mol. The van der Waals surface area contributed by atoms with Gasteiger partial charge in [0.25, 0.3) is 5.91 Å². The van der Waals surface area contributed by atoms with Crippen LogP contribution >= 0.6 is 0 Å². The lowest BCUT2D eigenvalue weighted by Crippen LogP contribution is -2.31. The third-order valence-corrected chi connectivity index (χ3v) is 2.19. The molecule has 0 aliphatic carbocycles. The Kier molecular flexibility index (Phi) is 5.85. The molecule has 1 N–H and O–H groups in total. The minimum absolute atomic E-state index is 0.0287. The van der Waals surface area contributed by atoms with E-state index in [9.17, 15) is 9.59 Å². The summed E-state index contributed by atoms with van der Waals surface area (Å²) in [6, 6.07) is 6.91. The molecule has 0 atom stereocenters. The first-order valence-electron chi connectivity index (χ1n) is 6.24. The van der Waals surface area contributed by atoms with Crippen LogP contribution in [0.1, 0.15) is 31.1 Å². The molecular formula is C14H19NO4. The van der Waals surface area contributed by atoms with Gasteiger partial charge in [0, 0.05) is 0 Å². The average Bonchev–Trinajstić information content (AvgIpc) is 2.36. The Morgan fingerprint density at radius 1 is 1.26 bits per heavy atom. The van der Waals surface area contributed by atoms with Gasteiger partial charge in [0.1, 0.15) is 12.3 Å². The Balaban J connectivity index is 2.68. The Bertz CT molecular complexity index is 443. The molecule has 0 saturated carbocycles. The number of hydrogen-bond donors (Lipinski definition) is 1. The Hall–Kier alpha value is -2.04. The summed E-state index contributed by atoms with van der Waals surface area (Å²) in [6.45, 7) is 5.62. The second-order valence-corrected chi connectivity index (χ2v) is 4.15. The SMILES string of the molecule is CCOC(=O)CNC(=O)c1ccccc1OC(C)C. The number of carbonyl (C=O) groups is 2. The molecule has 0 aromatic heterocycles. The molecule has 0 spiro atoms. The van der Waals surface area contributed by atoms with Crippen molar-refractivity contribution in [2.24, 2.45) is 0 Å². The maximum Gasteiger partial charge on any atom is 0.325 e. The van der Waals surface area contributed by atoms with Gasteiger partial charge < -0.3 is 14.8 Å².